The summed E-state index contributed by atoms with van der Waals surface area (Å²) >= 11 is 21.9. The van der Waals surface area contributed by atoms with E-state index in [2.05, 4.69) is 121 Å². The average molecular weight is 1920 g/mol. The van der Waals surface area contributed by atoms with Crippen LogP contribution < -0.4 is 26.9 Å². The number of nitrogens with zero attached hydrogens (tertiary/aromatic N) is 2. The molecule has 1 radical (unpaired) electrons. The Morgan fingerprint density at radius 2 is 0.858 bits per heavy atom. The van der Waals surface area contributed by atoms with Crippen molar-refractivity contribution in [1.82, 2.24) is 19.9 Å². The molecule has 0 spiro atoms. The topological polar surface area (TPSA) is 174 Å². The van der Waals surface area contributed by atoms with E-state index < -0.39 is 88.4 Å². The van der Waals surface area contributed by atoms with Crippen LogP contribution in [-0.2, 0) is 36.6 Å². The number of aromatic nitrogens is 4. The minimum atomic E-state index is -4.84. The molecule has 15 rings (SSSR count). The van der Waals surface area contributed by atoms with Gasteiger partial charge < -0.3 is 29.7 Å². The average Bonchev–Trinajstić information content (AvgIpc) is 1.65. The molecule has 0 bridgehead atoms. The summed E-state index contributed by atoms with van der Waals surface area (Å²) in [6.07, 6.45) is -5.50. The number of fused-ring (bicyclic) bond motifs is 4. The van der Waals surface area contributed by atoms with Crippen molar-refractivity contribution in [3.8, 4) is 39.3 Å². The molecule has 8 heterocycles. The Bertz CT molecular complexity index is 5740. The van der Waals surface area contributed by atoms with Gasteiger partial charge in [-0.25, -0.2) is 22.5 Å². The number of benzene rings is 6. The second kappa shape index (κ2) is 41.0. The van der Waals surface area contributed by atoms with Crippen molar-refractivity contribution in [1.29, 1.82) is 0 Å². The molecule has 589 valence electrons. The molecule has 8 aromatic heterocycles. The van der Waals surface area contributed by atoms with Gasteiger partial charge in [0.15, 0.2) is 0 Å². The van der Waals surface area contributed by atoms with Crippen molar-refractivity contribution >= 4 is 182 Å². The standard InChI is InChI=1S/C21H12BrF4NOS.C14H6BrF4NOS.C14H7F4NOS.C7H5BF4O2.C7H4BrNOS.C7H7Br.C5H10.BHNS/c22-16-9-27-20(28-10-12-4-2-1-3-5-12)18-14(11-29-19(16)18)13-6-7-17(23)15(8-13)21(24,25)26;15-9-4-20-13(21)11-7(5-22-12(9)11)6-1-2-10(16)8(3-6)14(17,18)19;15-10-2-1-7(5-9(10)14(16,17)18)8-6-21-11-3-4-19-13(20)12(8)11;9-6-2-1-4(8(13)14)3-5(6)7(10,11)12;8-4-3-11-5-1-2-9-7(10)6(4)5;8-6-7-4-2-1-3-5-7;1-2-4-5-3-1;1-2-3/h1-9,11H,10H2;1-5H,(H,20,21);1-6H,(H,19,20);1-3,13-14H;1-3H,(H,9,10);1-5H,6H2;1-5H2;3H. The Morgan fingerprint density at radius 3 is 1.29 bits per heavy atom. The first kappa shape index (κ1) is 90.5. The Kier molecular flexibility index (Phi) is 32.8. The van der Waals surface area contributed by atoms with E-state index in [9.17, 15) is 84.6 Å². The van der Waals surface area contributed by atoms with Crippen LogP contribution in [0.15, 0.2) is 224 Å². The summed E-state index contributed by atoms with van der Waals surface area (Å²) in [5, 5.41) is 26.8. The van der Waals surface area contributed by atoms with Crippen LogP contribution in [0, 0.1) is 23.3 Å². The molecule has 14 aromatic rings. The van der Waals surface area contributed by atoms with Crippen LogP contribution in [0.25, 0.3) is 73.7 Å². The van der Waals surface area contributed by atoms with E-state index in [1.54, 1.807) is 45.9 Å². The maximum atomic E-state index is 13.7. The van der Waals surface area contributed by atoms with Crippen molar-refractivity contribution in [2.45, 2.75) is 68.7 Å². The van der Waals surface area contributed by atoms with Gasteiger partial charge in [0, 0.05) is 82.2 Å². The zero-order chi connectivity index (χ0) is 82.7. The molecule has 1 aliphatic carbocycles. The van der Waals surface area contributed by atoms with E-state index >= 15 is 0 Å². The number of hydrogen-bond acceptors (Lipinski definition) is 13. The van der Waals surface area contributed by atoms with E-state index in [0.29, 0.717) is 63.8 Å². The van der Waals surface area contributed by atoms with Gasteiger partial charge in [0.1, 0.15) is 29.9 Å². The Morgan fingerprint density at radius 1 is 0.478 bits per heavy atom. The molecule has 38 heteroatoms. The van der Waals surface area contributed by atoms with Crippen molar-refractivity contribution < 1.29 is 85.0 Å². The Labute approximate surface area is 687 Å². The van der Waals surface area contributed by atoms with Gasteiger partial charge in [-0.2, -0.15) is 52.7 Å². The first-order chi connectivity index (χ1) is 53.5. The summed E-state index contributed by atoms with van der Waals surface area (Å²) in [6.45, 7) is 0.261. The van der Waals surface area contributed by atoms with Gasteiger partial charge in [-0.1, -0.05) is 133 Å². The summed E-state index contributed by atoms with van der Waals surface area (Å²) < 4.78 is 219. The van der Waals surface area contributed by atoms with Crippen LogP contribution >= 0.6 is 122 Å². The third-order valence-corrected chi connectivity index (χ3v) is 23.1. The molecule has 113 heavy (non-hydrogen) atoms. The van der Waals surface area contributed by atoms with Gasteiger partial charge in [0.2, 0.25) is 5.88 Å². The van der Waals surface area contributed by atoms with E-state index in [0.717, 1.165) is 72.6 Å². The number of nitrogens with one attached hydrogen (secondary N) is 3. The fraction of sp³-hybridized carbons (Fsp3) is 0.147. The summed E-state index contributed by atoms with van der Waals surface area (Å²) in [4.78, 5) is 46.9. The van der Waals surface area contributed by atoms with E-state index in [1.165, 1.54) is 102 Å². The minimum absolute atomic E-state index is 0.0318. The molecule has 0 atom stereocenters. The quantitative estimate of drug-likeness (QED) is 0.0380. The molecular formula is C75H52B2Br4F16N5O6S5. The SMILES string of the molecule is BrCc1ccccc1.C1CCCC1.Fc1ccc(-c2csc3c(Br)cnc(OCc4ccccc4)c23)cc1C(F)(F)F.O=c1[nH]cc(Br)c2scc(-c3ccc(F)c(C(F)(F)F)c3)c12.O=c1[nH]ccc2scc(-c3ccc(F)c(C(F)(F)F)c3)c12.O=c1[nH]ccc2scc(Br)c12.OB(O)c1ccc(F)c(C(F)(F)F)c1.[B]=NS. The van der Waals surface area contributed by atoms with Gasteiger partial charge in [0.05, 0.1) is 62.1 Å². The first-order valence-corrected chi connectivity index (χ1v) is 39.7. The van der Waals surface area contributed by atoms with E-state index in [1.807, 2.05) is 60.0 Å². The van der Waals surface area contributed by atoms with Crippen LogP contribution in [0.2, 0.25) is 0 Å². The molecule has 0 saturated heterocycles. The number of alkyl halides is 13. The fourth-order valence-electron chi connectivity index (χ4n) is 10.5. The van der Waals surface area contributed by atoms with Crippen LogP contribution in [-0.4, -0.2) is 44.7 Å². The second-order valence-electron chi connectivity index (χ2n) is 23.4. The summed E-state index contributed by atoms with van der Waals surface area (Å²) in [5.74, 6) is -5.12. The number of H-pyrrole nitrogens is 3. The van der Waals surface area contributed by atoms with Crippen molar-refractivity contribution in [3.63, 3.8) is 0 Å². The number of hydrogen-bond donors (Lipinski definition) is 6. The molecule has 6 aromatic carbocycles. The maximum absolute atomic E-state index is 13.7. The molecule has 11 nitrogen and oxygen atoms in total. The van der Waals surface area contributed by atoms with Crippen LogP contribution in [0.4, 0.5) is 70.2 Å². The monoisotopic (exact) mass is 1920 g/mol. The molecule has 1 fully saturated rings. The third kappa shape index (κ3) is 24.5. The number of aromatic amines is 3. The molecule has 0 amide bonds. The zero-order valence-electron chi connectivity index (χ0n) is 57.1. The number of thiol groups is 1. The summed E-state index contributed by atoms with van der Waals surface area (Å²) in [7, 11) is 2.29. The second-order valence-corrected chi connectivity index (χ2v) is 30.3. The molecular weight excluding hydrogens is 1870 g/mol. The van der Waals surface area contributed by atoms with Crippen molar-refractivity contribution in [2.75, 3.05) is 0 Å². The first-order valence-electron chi connectivity index (χ1n) is 32.3. The van der Waals surface area contributed by atoms with Crippen LogP contribution in [0.3, 0.4) is 0 Å². The van der Waals surface area contributed by atoms with Crippen molar-refractivity contribution in [2.24, 2.45) is 4.30 Å². The molecule has 1 aliphatic rings. The molecule has 0 aliphatic heterocycles. The van der Waals surface area contributed by atoms with Gasteiger partial charge in [-0.3, -0.25) is 14.4 Å². The summed E-state index contributed by atoms with van der Waals surface area (Å²) in [5.41, 5.74) is -2.72. The predicted molar refractivity (Wildman–Crippen MR) is 433 cm³/mol. The molecule has 1 saturated carbocycles. The van der Waals surface area contributed by atoms with E-state index in [4.69, 9.17) is 14.8 Å². The van der Waals surface area contributed by atoms with Crippen molar-refractivity contribution in [3.05, 3.63) is 293 Å². The number of halogens is 20. The number of rotatable bonds is 8. The Hall–Kier alpha value is -8.04. The normalized spacial score (nSPS) is 11.9. The van der Waals surface area contributed by atoms with Gasteiger partial charge in [0.25, 0.3) is 16.7 Å². The number of thiophene rings is 4. The van der Waals surface area contributed by atoms with Crippen LogP contribution in [0.5, 0.6) is 5.88 Å². The predicted octanol–water partition coefficient (Wildman–Crippen LogP) is 24.6. The van der Waals surface area contributed by atoms with Gasteiger partial charge in [-0.15, -0.1) is 45.3 Å². The molecule has 0 unspecified atom stereocenters. The van der Waals surface area contributed by atoms with Gasteiger partial charge in [-0.05, 0) is 142 Å². The number of ether oxygens (including phenoxy) is 1. The summed E-state index contributed by atoms with van der Waals surface area (Å²) in [6, 6.07) is 33.5. The third-order valence-electron chi connectivity index (χ3n) is 15.8. The van der Waals surface area contributed by atoms with E-state index in [-0.39, 0.29) is 39.8 Å². The molecule has 5 N–H and O–H groups in total. The van der Waals surface area contributed by atoms with Crippen LogP contribution in [0.1, 0.15) is 65.5 Å². The van der Waals surface area contributed by atoms with Gasteiger partial charge >= 0.3 is 56.6 Å². The number of pyridine rings is 4. The zero-order valence-corrected chi connectivity index (χ0v) is 67.6. The fourth-order valence-corrected chi connectivity index (χ4v) is 16.6. The Balaban J connectivity index is 0.000000173.